The molecule has 0 bridgehead atoms. The van der Waals surface area contributed by atoms with Crippen LogP contribution in [0, 0.1) is 0 Å². The molecule has 1 heterocycles. The fraction of sp³-hybridized carbons (Fsp3) is 0.684. The molecule has 1 aromatic heterocycles. The predicted molar refractivity (Wildman–Crippen MR) is 107 cm³/mol. The highest BCUT2D eigenvalue weighted by Gasteiger charge is 2.00. The molecule has 2 N–H and O–H groups in total. The van der Waals surface area contributed by atoms with Crippen molar-refractivity contribution in [2.45, 2.75) is 82.6 Å². The first kappa shape index (κ1) is 20.4. The second-order valence-electron chi connectivity index (χ2n) is 6.13. The molecule has 0 aliphatic carbocycles. The van der Waals surface area contributed by atoms with Gasteiger partial charge in [0.25, 0.3) is 0 Å². The zero-order valence-electron chi connectivity index (χ0n) is 14.6. The molecule has 0 radical (unpaired) electrons. The molecule has 0 aromatic carbocycles. The highest BCUT2D eigenvalue weighted by Crippen LogP contribution is 2.19. The number of hydrogen-bond acceptors (Lipinski definition) is 3. The van der Waals surface area contributed by atoms with Crippen LogP contribution in [0.2, 0.25) is 0 Å². The molecule has 0 saturated heterocycles. The summed E-state index contributed by atoms with van der Waals surface area (Å²) in [6.45, 7) is 2.28. The van der Waals surface area contributed by atoms with E-state index < -0.39 is 0 Å². The number of nitrogens with zero attached hydrogens (tertiary/aromatic N) is 1. The summed E-state index contributed by atoms with van der Waals surface area (Å²) in [5.41, 5.74) is 6.56. The van der Waals surface area contributed by atoms with E-state index in [2.05, 4.69) is 11.9 Å². The molecule has 0 aliphatic rings. The molecule has 0 amide bonds. The minimum absolute atomic E-state index is 0.448. The first-order valence-electron chi connectivity index (χ1n) is 9.12. The van der Waals surface area contributed by atoms with Crippen molar-refractivity contribution in [3.05, 3.63) is 23.9 Å². The van der Waals surface area contributed by atoms with Gasteiger partial charge in [-0.3, -0.25) is 0 Å². The molecule has 0 saturated carbocycles. The summed E-state index contributed by atoms with van der Waals surface area (Å²) >= 11 is 6.80. The van der Waals surface area contributed by atoms with Crippen molar-refractivity contribution >= 4 is 29.0 Å². The average Bonchev–Trinajstić information content (AvgIpc) is 2.56. The SMILES string of the molecule is CCCCCCCCCCCCCSc1cc(C(N)=S)ccn1. The normalized spacial score (nSPS) is 10.8. The summed E-state index contributed by atoms with van der Waals surface area (Å²) in [6, 6.07) is 3.86. The largest absolute Gasteiger partial charge is 0.389 e. The molecule has 130 valence electrons. The Kier molecular flexibility index (Phi) is 12.3. The summed E-state index contributed by atoms with van der Waals surface area (Å²) in [6.07, 6.45) is 17.0. The zero-order chi connectivity index (χ0) is 16.8. The van der Waals surface area contributed by atoms with Crippen LogP contribution >= 0.6 is 24.0 Å². The van der Waals surface area contributed by atoms with E-state index in [1.165, 1.54) is 70.6 Å². The summed E-state index contributed by atoms with van der Waals surface area (Å²) in [5.74, 6) is 1.13. The Morgan fingerprint density at radius 2 is 1.57 bits per heavy atom. The van der Waals surface area contributed by atoms with E-state index in [4.69, 9.17) is 18.0 Å². The number of thioether (sulfide) groups is 1. The van der Waals surface area contributed by atoms with Crippen LogP contribution in [0.25, 0.3) is 0 Å². The number of nitrogens with two attached hydrogens (primary N) is 1. The van der Waals surface area contributed by atoms with Crippen molar-refractivity contribution < 1.29 is 0 Å². The van der Waals surface area contributed by atoms with Crippen molar-refractivity contribution in [2.24, 2.45) is 5.73 Å². The number of hydrogen-bond donors (Lipinski definition) is 1. The Morgan fingerprint density at radius 3 is 2.13 bits per heavy atom. The Morgan fingerprint density at radius 1 is 1.00 bits per heavy atom. The maximum absolute atomic E-state index is 5.65. The van der Waals surface area contributed by atoms with Crippen molar-refractivity contribution in [3.63, 3.8) is 0 Å². The minimum atomic E-state index is 0.448. The summed E-state index contributed by atoms with van der Waals surface area (Å²) in [7, 11) is 0. The number of unbranched alkanes of at least 4 members (excludes halogenated alkanes) is 10. The van der Waals surface area contributed by atoms with Gasteiger partial charge in [-0.1, -0.05) is 83.3 Å². The van der Waals surface area contributed by atoms with E-state index in [0.29, 0.717) is 4.99 Å². The molecular weight excluding hydrogens is 320 g/mol. The molecular formula is C19H32N2S2. The molecule has 0 aliphatic heterocycles. The van der Waals surface area contributed by atoms with Gasteiger partial charge in [0.15, 0.2) is 0 Å². The molecule has 4 heteroatoms. The fourth-order valence-corrected chi connectivity index (χ4v) is 3.61. The second-order valence-corrected chi connectivity index (χ2v) is 7.69. The maximum atomic E-state index is 5.65. The molecule has 0 fully saturated rings. The third kappa shape index (κ3) is 10.7. The van der Waals surface area contributed by atoms with Crippen LogP contribution in [0.3, 0.4) is 0 Å². The third-order valence-electron chi connectivity index (χ3n) is 4.02. The van der Waals surface area contributed by atoms with Gasteiger partial charge in [-0.15, -0.1) is 11.8 Å². The topological polar surface area (TPSA) is 38.9 Å². The van der Waals surface area contributed by atoms with Crippen LogP contribution in [-0.2, 0) is 0 Å². The monoisotopic (exact) mass is 352 g/mol. The van der Waals surface area contributed by atoms with Gasteiger partial charge in [-0.25, -0.2) is 4.98 Å². The van der Waals surface area contributed by atoms with E-state index in [0.717, 1.165) is 16.3 Å². The molecule has 0 unspecified atom stereocenters. The molecule has 1 aromatic rings. The Bertz CT molecular complexity index is 435. The lowest BCUT2D eigenvalue weighted by atomic mass is 10.1. The third-order valence-corrected chi connectivity index (χ3v) is 5.26. The van der Waals surface area contributed by atoms with Crippen molar-refractivity contribution in [3.8, 4) is 0 Å². The number of rotatable bonds is 14. The van der Waals surface area contributed by atoms with Gasteiger partial charge >= 0.3 is 0 Å². The van der Waals surface area contributed by atoms with Gasteiger partial charge in [0, 0.05) is 11.8 Å². The average molecular weight is 353 g/mol. The predicted octanol–water partition coefficient (Wildman–Crippen LogP) is 6.12. The zero-order valence-corrected chi connectivity index (χ0v) is 16.2. The summed E-state index contributed by atoms with van der Waals surface area (Å²) in [4.78, 5) is 4.81. The van der Waals surface area contributed by atoms with Gasteiger partial charge < -0.3 is 5.73 Å². The van der Waals surface area contributed by atoms with Gasteiger partial charge in [0.2, 0.25) is 0 Å². The van der Waals surface area contributed by atoms with E-state index in [1.807, 2.05) is 12.1 Å². The lowest BCUT2D eigenvalue weighted by Gasteiger charge is -2.04. The van der Waals surface area contributed by atoms with E-state index in [-0.39, 0.29) is 0 Å². The van der Waals surface area contributed by atoms with Gasteiger partial charge in [-0.2, -0.15) is 0 Å². The quantitative estimate of drug-likeness (QED) is 0.249. The highest BCUT2D eigenvalue weighted by atomic mass is 32.2. The highest BCUT2D eigenvalue weighted by molar-refractivity contribution is 7.99. The van der Waals surface area contributed by atoms with Crippen molar-refractivity contribution in [1.29, 1.82) is 0 Å². The molecule has 0 atom stereocenters. The van der Waals surface area contributed by atoms with Gasteiger partial charge in [0.05, 0.1) is 5.03 Å². The van der Waals surface area contributed by atoms with Crippen LogP contribution in [-0.4, -0.2) is 15.7 Å². The van der Waals surface area contributed by atoms with Crippen LogP contribution in [0.5, 0.6) is 0 Å². The minimum Gasteiger partial charge on any atom is -0.389 e. The first-order valence-corrected chi connectivity index (χ1v) is 10.5. The maximum Gasteiger partial charge on any atom is 0.104 e. The smallest absolute Gasteiger partial charge is 0.104 e. The van der Waals surface area contributed by atoms with Gasteiger partial charge in [-0.05, 0) is 24.3 Å². The fourth-order valence-electron chi connectivity index (χ4n) is 2.58. The summed E-state index contributed by atoms with van der Waals surface area (Å²) < 4.78 is 0. The van der Waals surface area contributed by atoms with Crippen molar-refractivity contribution in [2.75, 3.05) is 5.75 Å². The lowest BCUT2D eigenvalue weighted by molar-refractivity contribution is 0.555. The molecule has 2 nitrogen and oxygen atoms in total. The standard InChI is InChI=1S/C19H32N2S2/c1-2-3-4-5-6-7-8-9-10-11-12-15-23-18-16-17(19(20)22)13-14-21-18/h13-14,16H,2-12,15H2,1H3,(H2,20,22). The Hall–Kier alpha value is -0.610. The van der Waals surface area contributed by atoms with Crippen LogP contribution < -0.4 is 5.73 Å². The van der Waals surface area contributed by atoms with Crippen LogP contribution in [0.1, 0.15) is 83.1 Å². The summed E-state index contributed by atoms with van der Waals surface area (Å²) in [5, 5.41) is 1.03. The number of pyridine rings is 1. The van der Waals surface area contributed by atoms with Crippen LogP contribution in [0.15, 0.2) is 23.4 Å². The Labute approximate surface area is 152 Å². The van der Waals surface area contributed by atoms with Gasteiger partial charge in [0.1, 0.15) is 4.99 Å². The molecule has 1 rings (SSSR count). The number of thiocarbonyl (C=S) groups is 1. The van der Waals surface area contributed by atoms with Crippen molar-refractivity contribution in [1.82, 2.24) is 4.98 Å². The van der Waals surface area contributed by atoms with E-state index in [9.17, 15) is 0 Å². The van der Waals surface area contributed by atoms with E-state index >= 15 is 0 Å². The first-order chi connectivity index (χ1) is 11.2. The second kappa shape index (κ2) is 13.8. The molecule has 23 heavy (non-hydrogen) atoms. The van der Waals surface area contributed by atoms with Crippen LogP contribution in [0.4, 0.5) is 0 Å². The number of aromatic nitrogens is 1. The Balaban J connectivity index is 1.93. The lowest BCUT2D eigenvalue weighted by Crippen LogP contribution is -2.09. The van der Waals surface area contributed by atoms with E-state index in [1.54, 1.807) is 18.0 Å². The molecule has 0 spiro atoms.